The second-order valence-electron chi connectivity index (χ2n) is 5.62. The fraction of sp³-hybridized carbons (Fsp3) is 0.316. The number of benzene rings is 2. The number of hydrogen-bond acceptors (Lipinski definition) is 4. The van der Waals surface area contributed by atoms with Crippen molar-refractivity contribution in [1.82, 2.24) is 5.32 Å². The molecular formula is C19H24N2O3. The number of rotatable bonds is 7. The Balaban J connectivity index is 2.07. The monoisotopic (exact) mass is 328 g/mol. The number of ether oxygens (including phenoxy) is 2. The number of anilines is 1. The normalized spacial score (nSPS) is 11.6. The molecule has 5 nitrogen and oxygen atoms in total. The van der Waals surface area contributed by atoms with E-state index >= 15 is 0 Å². The molecule has 0 saturated heterocycles. The van der Waals surface area contributed by atoms with Gasteiger partial charge in [-0.05, 0) is 56.2 Å². The Hall–Kier alpha value is -2.69. The quantitative estimate of drug-likeness (QED) is 0.766. The minimum Gasteiger partial charge on any atom is -0.497 e. The highest BCUT2D eigenvalue weighted by Crippen LogP contribution is 2.22. The summed E-state index contributed by atoms with van der Waals surface area (Å²) >= 11 is 0. The third-order valence-corrected chi connectivity index (χ3v) is 3.60. The van der Waals surface area contributed by atoms with Gasteiger partial charge >= 0.3 is 0 Å². The standard InChI is InChI=1S/C19H24N2O3/c1-4-24-18-9-8-15(20)12-17(18)19(22)21-13(2)10-14-6-5-7-16(11-14)23-3/h5-9,11-13H,4,10,20H2,1-3H3,(H,21,22). The molecule has 3 N–H and O–H groups in total. The molecule has 0 radical (unpaired) electrons. The summed E-state index contributed by atoms with van der Waals surface area (Å²) in [5, 5.41) is 2.99. The summed E-state index contributed by atoms with van der Waals surface area (Å²) in [5.41, 5.74) is 7.88. The Labute approximate surface area is 142 Å². The maximum absolute atomic E-state index is 12.5. The highest BCUT2D eigenvalue weighted by Gasteiger charge is 2.15. The van der Waals surface area contributed by atoms with E-state index in [1.165, 1.54) is 0 Å². The molecule has 128 valence electrons. The molecule has 0 aliphatic carbocycles. The average Bonchev–Trinajstić information content (AvgIpc) is 2.56. The zero-order valence-electron chi connectivity index (χ0n) is 14.3. The SMILES string of the molecule is CCOc1ccc(N)cc1C(=O)NC(C)Cc1cccc(OC)c1. The van der Waals surface area contributed by atoms with Gasteiger partial charge in [-0.25, -0.2) is 0 Å². The van der Waals surface area contributed by atoms with Crippen LogP contribution in [0.3, 0.4) is 0 Å². The first-order valence-corrected chi connectivity index (χ1v) is 7.99. The molecule has 0 aliphatic heterocycles. The molecule has 0 heterocycles. The van der Waals surface area contributed by atoms with Crippen LogP contribution < -0.4 is 20.5 Å². The van der Waals surface area contributed by atoms with E-state index in [9.17, 15) is 4.79 Å². The van der Waals surface area contributed by atoms with Gasteiger partial charge in [0.25, 0.3) is 5.91 Å². The first-order valence-electron chi connectivity index (χ1n) is 7.99. The molecule has 0 aromatic heterocycles. The van der Waals surface area contributed by atoms with E-state index in [1.54, 1.807) is 25.3 Å². The lowest BCUT2D eigenvalue weighted by atomic mass is 10.1. The van der Waals surface area contributed by atoms with Crippen LogP contribution in [0.25, 0.3) is 0 Å². The third-order valence-electron chi connectivity index (χ3n) is 3.60. The molecule has 0 fully saturated rings. The van der Waals surface area contributed by atoms with Crippen LogP contribution in [0, 0.1) is 0 Å². The predicted octanol–water partition coefficient (Wildman–Crippen LogP) is 3.04. The maximum atomic E-state index is 12.5. The van der Waals surface area contributed by atoms with Crippen LogP contribution in [0.1, 0.15) is 29.8 Å². The molecule has 0 aliphatic rings. The third kappa shape index (κ3) is 4.65. The van der Waals surface area contributed by atoms with E-state index in [-0.39, 0.29) is 11.9 Å². The van der Waals surface area contributed by atoms with Gasteiger partial charge in [0.2, 0.25) is 0 Å². The number of carbonyl (C=O) groups is 1. The first kappa shape index (κ1) is 17.7. The molecule has 24 heavy (non-hydrogen) atoms. The highest BCUT2D eigenvalue weighted by molar-refractivity contribution is 5.98. The van der Waals surface area contributed by atoms with Crippen molar-refractivity contribution in [2.45, 2.75) is 26.3 Å². The summed E-state index contributed by atoms with van der Waals surface area (Å²) in [6.07, 6.45) is 0.704. The van der Waals surface area contributed by atoms with E-state index in [0.717, 1.165) is 11.3 Å². The molecule has 2 aromatic rings. The zero-order chi connectivity index (χ0) is 17.5. The molecule has 1 atom stereocenters. The fourth-order valence-electron chi connectivity index (χ4n) is 2.51. The number of nitrogen functional groups attached to an aromatic ring is 1. The van der Waals surface area contributed by atoms with Gasteiger partial charge in [-0.3, -0.25) is 4.79 Å². The fourth-order valence-corrected chi connectivity index (χ4v) is 2.51. The summed E-state index contributed by atoms with van der Waals surface area (Å²) in [6, 6.07) is 12.9. The largest absolute Gasteiger partial charge is 0.497 e. The van der Waals surface area contributed by atoms with Crippen molar-refractivity contribution in [1.29, 1.82) is 0 Å². The van der Waals surface area contributed by atoms with Crippen LogP contribution in [0.5, 0.6) is 11.5 Å². The summed E-state index contributed by atoms with van der Waals surface area (Å²) in [6.45, 7) is 4.33. The van der Waals surface area contributed by atoms with Gasteiger partial charge in [-0.1, -0.05) is 12.1 Å². The Kier molecular flexibility index (Phi) is 6.07. The van der Waals surface area contributed by atoms with Crippen LogP contribution in [-0.4, -0.2) is 25.7 Å². The van der Waals surface area contributed by atoms with Gasteiger partial charge in [0.15, 0.2) is 0 Å². The molecular weight excluding hydrogens is 304 g/mol. The van der Waals surface area contributed by atoms with Gasteiger partial charge in [-0.15, -0.1) is 0 Å². The lowest BCUT2D eigenvalue weighted by Crippen LogP contribution is -2.34. The Morgan fingerprint density at radius 3 is 2.75 bits per heavy atom. The van der Waals surface area contributed by atoms with Crippen molar-refractivity contribution in [3.63, 3.8) is 0 Å². The zero-order valence-corrected chi connectivity index (χ0v) is 14.3. The van der Waals surface area contributed by atoms with Crippen molar-refractivity contribution in [3.05, 3.63) is 53.6 Å². The van der Waals surface area contributed by atoms with E-state index in [0.29, 0.717) is 30.0 Å². The van der Waals surface area contributed by atoms with E-state index in [1.807, 2.05) is 38.1 Å². The molecule has 1 amide bonds. The summed E-state index contributed by atoms with van der Waals surface area (Å²) in [5.74, 6) is 1.15. The summed E-state index contributed by atoms with van der Waals surface area (Å²) < 4.78 is 10.7. The molecule has 0 spiro atoms. The van der Waals surface area contributed by atoms with Crippen LogP contribution in [0.4, 0.5) is 5.69 Å². The lowest BCUT2D eigenvalue weighted by Gasteiger charge is -2.16. The Morgan fingerprint density at radius 2 is 2.04 bits per heavy atom. The number of amides is 1. The van der Waals surface area contributed by atoms with Gasteiger partial charge < -0.3 is 20.5 Å². The maximum Gasteiger partial charge on any atom is 0.255 e. The van der Waals surface area contributed by atoms with Gasteiger partial charge in [-0.2, -0.15) is 0 Å². The number of nitrogens with one attached hydrogen (secondary N) is 1. The van der Waals surface area contributed by atoms with E-state index in [4.69, 9.17) is 15.2 Å². The first-order chi connectivity index (χ1) is 11.5. The van der Waals surface area contributed by atoms with Crippen LogP contribution in [0.2, 0.25) is 0 Å². The number of hydrogen-bond donors (Lipinski definition) is 2. The van der Waals surface area contributed by atoms with Gasteiger partial charge in [0, 0.05) is 11.7 Å². The molecule has 2 aromatic carbocycles. The van der Waals surface area contributed by atoms with Crippen molar-refractivity contribution in [2.24, 2.45) is 0 Å². The molecule has 0 saturated carbocycles. The molecule has 2 rings (SSSR count). The topological polar surface area (TPSA) is 73.6 Å². The number of nitrogens with two attached hydrogens (primary N) is 1. The van der Waals surface area contributed by atoms with Crippen LogP contribution >= 0.6 is 0 Å². The van der Waals surface area contributed by atoms with Gasteiger partial charge in [0.05, 0.1) is 19.3 Å². The molecule has 0 bridgehead atoms. The minimum absolute atomic E-state index is 0.0412. The Morgan fingerprint density at radius 1 is 1.25 bits per heavy atom. The molecule has 5 heteroatoms. The second kappa shape index (κ2) is 8.24. The predicted molar refractivity (Wildman–Crippen MR) is 95.6 cm³/mol. The van der Waals surface area contributed by atoms with E-state index < -0.39 is 0 Å². The summed E-state index contributed by atoms with van der Waals surface area (Å²) in [4.78, 5) is 12.5. The average molecular weight is 328 g/mol. The van der Waals surface area contributed by atoms with Crippen molar-refractivity contribution in [2.75, 3.05) is 19.5 Å². The van der Waals surface area contributed by atoms with E-state index in [2.05, 4.69) is 5.32 Å². The smallest absolute Gasteiger partial charge is 0.255 e. The summed E-state index contributed by atoms with van der Waals surface area (Å²) in [7, 11) is 1.64. The lowest BCUT2D eigenvalue weighted by molar-refractivity contribution is 0.0936. The van der Waals surface area contributed by atoms with Crippen molar-refractivity contribution in [3.8, 4) is 11.5 Å². The number of carbonyl (C=O) groups excluding carboxylic acids is 1. The number of methoxy groups -OCH3 is 1. The minimum atomic E-state index is -0.193. The highest BCUT2D eigenvalue weighted by atomic mass is 16.5. The van der Waals surface area contributed by atoms with Crippen molar-refractivity contribution < 1.29 is 14.3 Å². The van der Waals surface area contributed by atoms with Crippen LogP contribution in [-0.2, 0) is 6.42 Å². The van der Waals surface area contributed by atoms with Crippen LogP contribution in [0.15, 0.2) is 42.5 Å². The Bertz CT molecular complexity index is 701. The van der Waals surface area contributed by atoms with Gasteiger partial charge in [0.1, 0.15) is 11.5 Å². The van der Waals surface area contributed by atoms with Crippen molar-refractivity contribution >= 4 is 11.6 Å². The second-order valence-corrected chi connectivity index (χ2v) is 5.62. The molecule has 1 unspecified atom stereocenters.